The Kier molecular flexibility index (Phi) is 6.93. The van der Waals surface area contributed by atoms with Gasteiger partial charge >= 0.3 is 0 Å². The van der Waals surface area contributed by atoms with Gasteiger partial charge in [0, 0.05) is 43.0 Å². The lowest BCUT2D eigenvalue weighted by Crippen LogP contribution is -2.44. The predicted molar refractivity (Wildman–Crippen MR) is 133 cm³/mol. The molecule has 1 saturated heterocycles. The number of benzene rings is 3. The van der Waals surface area contributed by atoms with E-state index in [1.54, 1.807) is 25.1 Å². The zero-order chi connectivity index (χ0) is 22.7. The van der Waals surface area contributed by atoms with Gasteiger partial charge in [0.1, 0.15) is 11.6 Å². The fraction of sp³-hybridized carbons (Fsp3) is 0.385. The quantitative estimate of drug-likeness (QED) is 0.489. The van der Waals surface area contributed by atoms with Gasteiger partial charge in [-0.15, -0.1) is 0 Å². The predicted octanol–water partition coefficient (Wildman–Crippen LogP) is 5.31. The summed E-state index contributed by atoms with van der Waals surface area (Å²) < 4.78 is 23.1. The number of hydrogen-bond acceptors (Lipinski definition) is 5. The van der Waals surface area contributed by atoms with Crippen LogP contribution < -0.4 is 14.4 Å². The number of rotatable bonds is 7. The molecule has 170 valence electrons. The van der Waals surface area contributed by atoms with Crippen molar-refractivity contribution in [2.75, 3.05) is 51.8 Å². The van der Waals surface area contributed by atoms with Crippen LogP contribution in [0, 0.1) is 5.82 Å². The van der Waals surface area contributed by atoms with Crippen molar-refractivity contribution < 1.29 is 9.13 Å². The molecule has 4 nitrogen and oxygen atoms in total. The third-order valence-corrected chi connectivity index (χ3v) is 7.05. The zero-order valence-corrected chi connectivity index (χ0v) is 20.1. The third-order valence-electron chi connectivity index (χ3n) is 6.27. The molecule has 0 aliphatic carbocycles. The molecule has 1 fully saturated rings. The monoisotopic (exact) mass is 453 g/mol. The lowest BCUT2D eigenvalue weighted by atomic mass is 9.82. The highest BCUT2D eigenvalue weighted by Crippen LogP contribution is 2.34. The first-order chi connectivity index (χ1) is 15.4. The Morgan fingerprint density at radius 3 is 2.56 bits per heavy atom. The topological polar surface area (TPSA) is 27.7 Å². The molecule has 0 saturated carbocycles. The standard InChI is InChI=1S/C26H32FN3OS/c1-26(2,23-7-5-6-19-8-9-20(27)16-22(19)23)18-28-32-21-10-11-25(31-4)24(17-21)30-14-12-29(3)13-15-30/h5-11,16-17,28H,12-15,18H2,1-4H3. The molecule has 0 atom stereocenters. The number of hydrogen-bond donors (Lipinski definition) is 1. The Morgan fingerprint density at radius 2 is 1.81 bits per heavy atom. The van der Waals surface area contributed by atoms with Gasteiger partial charge in [0.2, 0.25) is 0 Å². The van der Waals surface area contributed by atoms with Gasteiger partial charge < -0.3 is 14.5 Å². The third kappa shape index (κ3) is 5.03. The van der Waals surface area contributed by atoms with E-state index in [2.05, 4.69) is 65.7 Å². The molecule has 0 bridgehead atoms. The number of nitrogens with one attached hydrogen (secondary N) is 1. The van der Waals surface area contributed by atoms with E-state index in [4.69, 9.17) is 4.74 Å². The van der Waals surface area contributed by atoms with Crippen LogP contribution in [0.2, 0.25) is 0 Å². The first-order valence-corrected chi connectivity index (χ1v) is 11.9. The highest BCUT2D eigenvalue weighted by molar-refractivity contribution is 7.97. The van der Waals surface area contributed by atoms with Crippen LogP contribution in [0.1, 0.15) is 19.4 Å². The minimum atomic E-state index is -0.197. The highest BCUT2D eigenvalue weighted by Gasteiger charge is 2.23. The SMILES string of the molecule is COc1ccc(SNCC(C)(C)c2cccc3ccc(F)cc23)cc1N1CCN(C)CC1. The first kappa shape index (κ1) is 22.9. The van der Waals surface area contributed by atoms with Crippen molar-refractivity contribution in [3.63, 3.8) is 0 Å². The molecule has 1 aliphatic rings. The Morgan fingerprint density at radius 1 is 1.03 bits per heavy atom. The molecule has 1 N–H and O–H groups in total. The summed E-state index contributed by atoms with van der Waals surface area (Å²) in [7, 11) is 3.90. The van der Waals surface area contributed by atoms with Gasteiger partial charge in [-0.3, -0.25) is 4.72 Å². The lowest BCUT2D eigenvalue weighted by molar-refractivity contribution is 0.311. The molecule has 4 rings (SSSR count). The number of fused-ring (bicyclic) bond motifs is 1. The molecule has 0 spiro atoms. The van der Waals surface area contributed by atoms with E-state index in [0.717, 1.165) is 65.4 Å². The molecule has 0 radical (unpaired) electrons. The fourth-order valence-electron chi connectivity index (χ4n) is 4.26. The number of nitrogens with zero attached hydrogens (tertiary/aromatic N) is 2. The van der Waals surface area contributed by atoms with Crippen LogP contribution in [0.15, 0.2) is 59.5 Å². The lowest BCUT2D eigenvalue weighted by Gasteiger charge is -2.35. The summed E-state index contributed by atoms with van der Waals surface area (Å²) >= 11 is 1.63. The van der Waals surface area contributed by atoms with E-state index in [9.17, 15) is 4.39 Å². The molecule has 3 aromatic carbocycles. The van der Waals surface area contributed by atoms with E-state index < -0.39 is 0 Å². The van der Waals surface area contributed by atoms with Crippen molar-refractivity contribution in [3.8, 4) is 5.75 Å². The van der Waals surface area contributed by atoms with Crippen molar-refractivity contribution in [2.45, 2.75) is 24.2 Å². The number of halogens is 1. The van der Waals surface area contributed by atoms with Gasteiger partial charge in [0.15, 0.2) is 0 Å². The minimum Gasteiger partial charge on any atom is -0.495 e. The zero-order valence-electron chi connectivity index (χ0n) is 19.3. The van der Waals surface area contributed by atoms with Crippen LogP contribution in [0.25, 0.3) is 10.8 Å². The van der Waals surface area contributed by atoms with Crippen LogP contribution in [-0.2, 0) is 5.41 Å². The van der Waals surface area contributed by atoms with E-state index in [0.29, 0.717) is 0 Å². The second kappa shape index (κ2) is 9.69. The molecular weight excluding hydrogens is 421 g/mol. The summed E-state index contributed by atoms with van der Waals surface area (Å²) in [6.07, 6.45) is 0. The summed E-state index contributed by atoms with van der Waals surface area (Å²) in [5.41, 5.74) is 2.14. The Labute approximate surface area is 194 Å². The fourth-order valence-corrected chi connectivity index (χ4v) is 5.16. The summed E-state index contributed by atoms with van der Waals surface area (Å²) in [6, 6.07) is 17.6. The van der Waals surface area contributed by atoms with E-state index >= 15 is 0 Å². The van der Waals surface area contributed by atoms with Gasteiger partial charge in [-0.05, 0) is 65.7 Å². The Balaban J connectivity index is 1.47. The number of ether oxygens (including phenoxy) is 1. The first-order valence-electron chi connectivity index (χ1n) is 11.1. The summed E-state index contributed by atoms with van der Waals surface area (Å²) in [6.45, 7) is 9.26. The number of piperazine rings is 1. The normalized spacial score (nSPS) is 15.3. The molecule has 1 heterocycles. The van der Waals surface area contributed by atoms with Crippen LogP contribution in [-0.4, -0.2) is 51.8 Å². The number of likely N-dealkylation sites (N-methyl/N-ethyl adjacent to an activating group) is 1. The van der Waals surface area contributed by atoms with Gasteiger partial charge in [0.25, 0.3) is 0 Å². The molecular formula is C26H32FN3OS. The summed E-state index contributed by atoms with van der Waals surface area (Å²) in [4.78, 5) is 5.90. The van der Waals surface area contributed by atoms with Crippen LogP contribution >= 0.6 is 11.9 Å². The Hall–Kier alpha value is -2.28. The second-order valence-corrected chi connectivity index (χ2v) is 10.1. The molecule has 3 aromatic rings. The average molecular weight is 454 g/mol. The van der Waals surface area contributed by atoms with Gasteiger partial charge in [-0.25, -0.2) is 4.39 Å². The smallest absolute Gasteiger partial charge is 0.142 e. The van der Waals surface area contributed by atoms with Crippen molar-refractivity contribution in [2.24, 2.45) is 0 Å². The van der Waals surface area contributed by atoms with Crippen molar-refractivity contribution in [1.82, 2.24) is 9.62 Å². The van der Waals surface area contributed by atoms with Gasteiger partial charge in [-0.2, -0.15) is 0 Å². The number of anilines is 1. The van der Waals surface area contributed by atoms with Crippen molar-refractivity contribution in [3.05, 3.63) is 66.0 Å². The maximum absolute atomic E-state index is 13.9. The molecule has 1 aliphatic heterocycles. The maximum atomic E-state index is 13.9. The largest absolute Gasteiger partial charge is 0.495 e. The summed E-state index contributed by atoms with van der Waals surface area (Å²) in [5.74, 6) is 0.717. The number of methoxy groups -OCH3 is 1. The van der Waals surface area contributed by atoms with Crippen LogP contribution in [0.3, 0.4) is 0 Å². The van der Waals surface area contributed by atoms with Crippen LogP contribution in [0.4, 0.5) is 10.1 Å². The molecule has 32 heavy (non-hydrogen) atoms. The second-order valence-electron chi connectivity index (χ2n) is 9.10. The van der Waals surface area contributed by atoms with E-state index in [1.807, 2.05) is 12.1 Å². The van der Waals surface area contributed by atoms with Crippen molar-refractivity contribution in [1.29, 1.82) is 0 Å². The van der Waals surface area contributed by atoms with Gasteiger partial charge in [-0.1, -0.05) is 38.1 Å². The maximum Gasteiger partial charge on any atom is 0.142 e. The molecule has 0 aromatic heterocycles. The minimum absolute atomic E-state index is 0.160. The summed E-state index contributed by atoms with van der Waals surface area (Å²) in [5, 5.41) is 2.04. The average Bonchev–Trinajstić information content (AvgIpc) is 2.79. The Bertz CT molecular complexity index is 1080. The molecule has 0 unspecified atom stereocenters. The van der Waals surface area contributed by atoms with E-state index in [-0.39, 0.29) is 11.2 Å². The van der Waals surface area contributed by atoms with E-state index in [1.165, 1.54) is 6.07 Å². The highest BCUT2D eigenvalue weighted by atomic mass is 32.2. The van der Waals surface area contributed by atoms with Gasteiger partial charge in [0.05, 0.1) is 12.8 Å². The molecule has 6 heteroatoms. The molecule has 0 amide bonds. The van der Waals surface area contributed by atoms with Crippen molar-refractivity contribution >= 4 is 28.4 Å². The van der Waals surface area contributed by atoms with Crippen LogP contribution in [0.5, 0.6) is 5.75 Å².